The number of nitrogens with one attached hydrogen (secondary N) is 1. The molecule has 5 rings (SSSR count). The number of nitrogens with zero attached hydrogens (tertiary/aromatic N) is 2. The molecule has 8 heteroatoms. The van der Waals surface area contributed by atoms with Crippen molar-refractivity contribution in [3.63, 3.8) is 0 Å². The molecule has 1 aliphatic carbocycles. The lowest BCUT2D eigenvalue weighted by Gasteiger charge is -2.30. The van der Waals surface area contributed by atoms with Gasteiger partial charge in [-0.05, 0) is 36.0 Å². The minimum absolute atomic E-state index is 0.154. The van der Waals surface area contributed by atoms with Crippen LogP contribution in [0.15, 0.2) is 47.6 Å². The van der Waals surface area contributed by atoms with E-state index < -0.39 is 6.04 Å². The van der Waals surface area contributed by atoms with Gasteiger partial charge in [0, 0.05) is 38.2 Å². The lowest BCUT2D eigenvalue weighted by Crippen LogP contribution is -2.53. The number of rotatable bonds is 7. The zero-order chi connectivity index (χ0) is 23.5. The van der Waals surface area contributed by atoms with E-state index in [-0.39, 0.29) is 30.2 Å². The number of hydrogen-bond acceptors (Lipinski definition) is 6. The van der Waals surface area contributed by atoms with Crippen LogP contribution in [0.25, 0.3) is 0 Å². The van der Waals surface area contributed by atoms with E-state index in [0.717, 1.165) is 50.4 Å². The molecule has 180 valence electrons. The predicted molar refractivity (Wildman–Crippen MR) is 125 cm³/mol. The van der Waals surface area contributed by atoms with Gasteiger partial charge < -0.3 is 14.4 Å². The number of carbonyl (C=O) groups excluding carboxylic acids is 3. The van der Waals surface area contributed by atoms with Crippen LogP contribution in [-0.4, -0.2) is 79.1 Å². The largest absolute Gasteiger partial charge is 0.379 e. The fourth-order valence-electron chi connectivity index (χ4n) is 5.05. The zero-order valence-electron chi connectivity index (χ0n) is 19.3. The molecule has 2 unspecified atom stereocenters. The molecule has 0 radical (unpaired) electrons. The Hall–Kier alpha value is -2.81. The van der Waals surface area contributed by atoms with Crippen LogP contribution in [0.2, 0.25) is 0 Å². The summed E-state index contributed by atoms with van der Waals surface area (Å²) in [6.07, 6.45) is 5.95. The van der Waals surface area contributed by atoms with Gasteiger partial charge in [0.2, 0.25) is 11.8 Å². The van der Waals surface area contributed by atoms with E-state index in [9.17, 15) is 14.4 Å². The van der Waals surface area contributed by atoms with E-state index in [4.69, 9.17) is 9.47 Å². The molecule has 0 spiro atoms. The van der Waals surface area contributed by atoms with E-state index in [1.807, 2.05) is 12.2 Å². The average molecular weight is 466 g/mol. The number of hydrogen-bond donors (Lipinski definition) is 1. The van der Waals surface area contributed by atoms with E-state index in [2.05, 4.69) is 34.5 Å². The summed E-state index contributed by atoms with van der Waals surface area (Å²) >= 11 is 0. The second-order valence-electron chi connectivity index (χ2n) is 9.30. The third kappa shape index (κ3) is 4.99. The molecule has 8 nitrogen and oxygen atoms in total. The summed E-state index contributed by atoms with van der Waals surface area (Å²) in [4.78, 5) is 40.8. The summed E-state index contributed by atoms with van der Waals surface area (Å²) in [6.45, 7) is 5.53. The van der Waals surface area contributed by atoms with Gasteiger partial charge in [-0.1, -0.05) is 36.4 Å². The van der Waals surface area contributed by atoms with E-state index in [0.29, 0.717) is 31.6 Å². The summed E-state index contributed by atoms with van der Waals surface area (Å²) in [5.41, 5.74) is 3.96. The standard InChI is InChI=1S/C26H31N3O5/c30-24-9-8-22(25(31)27-24)29-16-21-20(26(29)32)2-1-3-23(21)34-17-19-6-4-18(5-7-19)10-11-28-12-14-33-15-13-28/h1-2,4-7,22-23H,3,8-17H2,(H,27,30,31). The zero-order valence-corrected chi connectivity index (χ0v) is 19.3. The third-order valence-electron chi connectivity index (χ3n) is 7.08. The van der Waals surface area contributed by atoms with Gasteiger partial charge in [0.1, 0.15) is 6.04 Å². The molecule has 1 aromatic carbocycles. The van der Waals surface area contributed by atoms with Crippen LogP contribution >= 0.6 is 0 Å². The molecule has 3 amide bonds. The Morgan fingerprint density at radius 2 is 1.82 bits per heavy atom. The molecule has 2 atom stereocenters. The summed E-state index contributed by atoms with van der Waals surface area (Å²) in [5.74, 6) is -0.822. The fraction of sp³-hybridized carbons (Fsp3) is 0.500. The maximum atomic E-state index is 13.0. The summed E-state index contributed by atoms with van der Waals surface area (Å²) < 4.78 is 11.6. The predicted octanol–water partition coefficient (Wildman–Crippen LogP) is 1.35. The van der Waals surface area contributed by atoms with Crippen molar-refractivity contribution in [3.05, 3.63) is 58.7 Å². The highest BCUT2D eigenvalue weighted by Gasteiger charge is 2.42. The van der Waals surface area contributed by atoms with Gasteiger partial charge in [-0.25, -0.2) is 0 Å². The van der Waals surface area contributed by atoms with Crippen LogP contribution in [0.3, 0.4) is 0 Å². The highest BCUT2D eigenvalue weighted by atomic mass is 16.5. The van der Waals surface area contributed by atoms with Gasteiger partial charge >= 0.3 is 0 Å². The first-order valence-electron chi connectivity index (χ1n) is 12.1. The van der Waals surface area contributed by atoms with Gasteiger partial charge in [-0.15, -0.1) is 0 Å². The second-order valence-corrected chi connectivity index (χ2v) is 9.30. The lowest BCUT2D eigenvalue weighted by atomic mass is 9.97. The molecule has 0 bridgehead atoms. The monoisotopic (exact) mass is 465 g/mol. The average Bonchev–Trinajstić information content (AvgIpc) is 3.19. The Morgan fingerprint density at radius 1 is 1.06 bits per heavy atom. The molecule has 2 fully saturated rings. The van der Waals surface area contributed by atoms with Crippen molar-refractivity contribution in [2.75, 3.05) is 39.4 Å². The summed E-state index contributed by atoms with van der Waals surface area (Å²) in [6, 6.07) is 7.94. The van der Waals surface area contributed by atoms with Crippen molar-refractivity contribution in [1.82, 2.24) is 15.1 Å². The molecule has 2 saturated heterocycles. The van der Waals surface area contributed by atoms with Crippen LogP contribution in [-0.2, 0) is 36.9 Å². The number of amides is 3. The molecule has 3 aliphatic heterocycles. The van der Waals surface area contributed by atoms with E-state index in [1.54, 1.807) is 4.90 Å². The topological polar surface area (TPSA) is 88.2 Å². The van der Waals surface area contributed by atoms with Crippen LogP contribution in [0.5, 0.6) is 0 Å². The minimum Gasteiger partial charge on any atom is -0.379 e. The highest BCUT2D eigenvalue weighted by Crippen LogP contribution is 2.33. The Labute approximate surface area is 199 Å². The summed E-state index contributed by atoms with van der Waals surface area (Å²) in [7, 11) is 0. The van der Waals surface area contributed by atoms with Gasteiger partial charge in [-0.3, -0.25) is 24.6 Å². The Kier molecular flexibility index (Phi) is 6.89. The van der Waals surface area contributed by atoms with E-state index in [1.165, 1.54) is 5.56 Å². The quantitative estimate of drug-likeness (QED) is 0.612. The van der Waals surface area contributed by atoms with E-state index >= 15 is 0 Å². The van der Waals surface area contributed by atoms with Crippen LogP contribution < -0.4 is 5.32 Å². The van der Waals surface area contributed by atoms with Gasteiger partial charge in [0.05, 0.1) is 25.9 Å². The van der Waals surface area contributed by atoms with Crippen molar-refractivity contribution in [2.45, 2.75) is 44.4 Å². The summed E-state index contributed by atoms with van der Waals surface area (Å²) in [5, 5.41) is 2.35. The van der Waals surface area contributed by atoms with Gasteiger partial charge in [0.25, 0.3) is 5.91 Å². The van der Waals surface area contributed by atoms with Gasteiger partial charge in [-0.2, -0.15) is 0 Å². The Balaban J connectivity index is 1.16. The number of benzene rings is 1. The minimum atomic E-state index is -0.602. The molecule has 4 aliphatic rings. The van der Waals surface area contributed by atoms with Crippen LogP contribution in [0, 0.1) is 0 Å². The molecule has 1 aromatic rings. The number of carbonyl (C=O) groups is 3. The van der Waals surface area contributed by atoms with Crippen molar-refractivity contribution < 1.29 is 23.9 Å². The smallest absolute Gasteiger partial charge is 0.254 e. The first-order valence-corrected chi connectivity index (χ1v) is 12.1. The van der Waals surface area contributed by atoms with Crippen LogP contribution in [0.4, 0.5) is 0 Å². The van der Waals surface area contributed by atoms with Crippen molar-refractivity contribution in [1.29, 1.82) is 0 Å². The molecular formula is C26H31N3O5. The highest BCUT2D eigenvalue weighted by molar-refractivity contribution is 6.06. The second kappa shape index (κ2) is 10.2. The number of morpholine rings is 1. The molecule has 0 saturated carbocycles. The first kappa shape index (κ1) is 23.0. The van der Waals surface area contributed by atoms with Crippen molar-refractivity contribution >= 4 is 17.7 Å². The number of ether oxygens (including phenoxy) is 2. The number of imide groups is 1. The maximum Gasteiger partial charge on any atom is 0.254 e. The van der Waals surface area contributed by atoms with Crippen molar-refractivity contribution in [3.8, 4) is 0 Å². The molecule has 34 heavy (non-hydrogen) atoms. The van der Waals surface area contributed by atoms with Crippen molar-refractivity contribution in [2.24, 2.45) is 0 Å². The molecular weight excluding hydrogens is 434 g/mol. The fourth-order valence-corrected chi connectivity index (χ4v) is 5.05. The first-order chi connectivity index (χ1) is 16.6. The maximum absolute atomic E-state index is 13.0. The normalized spacial score (nSPS) is 25.6. The SMILES string of the molecule is O=C1CCC(N2CC3=C(C=CCC3OCc3ccc(CCN4CCOCC4)cc3)C2=O)C(=O)N1. The molecule has 3 heterocycles. The van der Waals surface area contributed by atoms with Crippen LogP contribution in [0.1, 0.15) is 30.4 Å². The third-order valence-corrected chi connectivity index (χ3v) is 7.08. The Bertz CT molecular complexity index is 1010. The Morgan fingerprint density at radius 3 is 2.59 bits per heavy atom. The molecule has 1 N–H and O–H groups in total. The lowest BCUT2D eigenvalue weighted by molar-refractivity contribution is -0.142. The number of piperidine rings is 1. The van der Waals surface area contributed by atoms with Gasteiger partial charge in [0.15, 0.2) is 0 Å². The molecule has 0 aromatic heterocycles.